The van der Waals surface area contributed by atoms with Gasteiger partial charge in [0.05, 0.1) is 29.5 Å². The Kier molecular flexibility index (Phi) is 4.31. The fourth-order valence-corrected chi connectivity index (χ4v) is 2.47. The molecule has 2 rings (SSSR count). The Bertz CT molecular complexity index is 492. The van der Waals surface area contributed by atoms with E-state index in [0.717, 1.165) is 0 Å². The first-order chi connectivity index (χ1) is 9.02. The minimum absolute atomic E-state index is 0.139. The van der Waals surface area contributed by atoms with Gasteiger partial charge in [-0.05, 0) is 6.07 Å². The number of benzene rings is 1. The summed E-state index contributed by atoms with van der Waals surface area (Å²) in [6.07, 6.45) is 0. The molecule has 8 heteroatoms. The number of primary amides is 1. The molecule has 0 radical (unpaired) electrons. The van der Waals surface area contributed by atoms with Crippen LogP contribution in [-0.2, 0) is 4.74 Å². The minimum atomic E-state index is -1.67. The lowest BCUT2D eigenvalue weighted by Crippen LogP contribution is -2.43. The summed E-state index contributed by atoms with van der Waals surface area (Å²) in [5, 5.41) is 19.0. The summed E-state index contributed by atoms with van der Waals surface area (Å²) in [7, 11) is -1.67. The largest absolute Gasteiger partial charge is 0.490 e. The van der Waals surface area contributed by atoms with Crippen LogP contribution in [0, 0.1) is 0 Å². The predicted molar refractivity (Wildman–Crippen MR) is 72.8 cm³/mol. The van der Waals surface area contributed by atoms with E-state index in [1.54, 1.807) is 0 Å². The van der Waals surface area contributed by atoms with E-state index in [9.17, 15) is 14.8 Å². The average Bonchev–Trinajstić information content (AvgIpc) is 2.38. The fraction of sp³-hybridized carbons (Fsp3) is 0.364. The Morgan fingerprint density at radius 1 is 1.37 bits per heavy atom. The van der Waals surface area contributed by atoms with Gasteiger partial charge < -0.3 is 25.4 Å². The van der Waals surface area contributed by atoms with Crippen molar-refractivity contribution in [2.45, 2.75) is 0 Å². The fourth-order valence-electron chi connectivity index (χ4n) is 2.09. The first kappa shape index (κ1) is 14.1. The number of hydrogen-bond acceptors (Lipinski definition) is 5. The van der Waals surface area contributed by atoms with Gasteiger partial charge in [-0.1, -0.05) is 17.7 Å². The number of carbonyl (C=O) groups excluding carboxylic acids is 1. The van der Waals surface area contributed by atoms with Crippen molar-refractivity contribution in [3.05, 3.63) is 22.7 Å². The van der Waals surface area contributed by atoms with Crippen LogP contribution in [0.25, 0.3) is 0 Å². The lowest BCUT2D eigenvalue weighted by molar-refractivity contribution is 0.100. The third-order valence-electron chi connectivity index (χ3n) is 3.02. The Hall–Kier alpha value is -1.28. The summed E-state index contributed by atoms with van der Waals surface area (Å²) >= 11 is 6.18. The zero-order valence-corrected chi connectivity index (χ0v) is 10.9. The molecule has 0 aliphatic carbocycles. The number of carbonyl (C=O) groups is 1. The molecule has 6 nitrogen and oxygen atoms in total. The van der Waals surface area contributed by atoms with Crippen molar-refractivity contribution in [1.82, 2.24) is 0 Å². The van der Waals surface area contributed by atoms with E-state index in [1.165, 1.54) is 12.1 Å². The maximum Gasteiger partial charge on any atom is 0.490 e. The number of morpholine rings is 1. The molecule has 1 aromatic carbocycles. The van der Waals surface area contributed by atoms with Crippen molar-refractivity contribution in [2.24, 2.45) is 5.73 Å². The van der Waals surface area contributed by atoms with Gasteiger partial charge in [0.2, 0.25) is 5.91 Å². The Morgan fingerprint density at radius 2 is 2.00 bits per heavy atom. The minimum Gasteiger partial charge on any atom is -0.423 e. The van der Waals surface area contributed by atoms with Crippen molar-refractivity contribution >= 4 is 35.8 Å². The van der Waals surface area contributed by atoms with Gasteiger partial charge in [-0.25, -0.2) is 0 Å². The van der Waals surface area contributed by atoms with Gasteiger partial charge in [-0.3, -0.25) is 4.79 Å². The molecule has 4 N–H and O–H groups in total. The summed E-state index contributed by atoms with van der Waals surface area (Å²) in [6.45, 7) is 2.14. The third kappa shape index (κ3) is 2.84. The van der Waals surface area contributed by atoms with E-state index in [1.807, 2.05) is 4.90 Å². The standard InChI is InChI=1S/C11H14BClN2O4/c13-9-7(11(14)16)1-2-8(12(17)18)10(9)15-3-5-19-6-4-15/h1-2,17-18H,3-6H2,(H2,14,16). The van der Waals surface area contributed by atoms with Gasteiger partial charge in [0, 0.05) is 18.6 Å². The maximum absolute atomic E-state index is 11.3. The summed E-state index contributed by atoms with van der Waals surface area (Å²) in [6, 6.07) is 2.84. The molecule has 1 aliphatic rings. The maximum atomic E-state index is 11.3. The molecular formula is C11H14BClN2O4. The third-order valence-corrected chi connectivity index (χ3v) is 3.40. The lowest BCUT2D eigenvalue weighted by Gasteiger charge is -2.31. The number of rotatable bonds is 3. The van der Waals surface area contributed by atoms with Crippen molar-refractivity contribution in [3.63, 3.8) is 0 Å². The number of hydrogen-bond donors (Lipinski definition) is 3. The number of nitrogens with zero attached hydrogens (tertiary/aromatic N) is 1. The van der Waals surface area contributed by atoms with Crippen LogP contribution in [0.5, 0.6) is 0 Å². The van der Waals surface area contributed by atoms with E-state index in [2.05, 4.69) is 0 Å². The van der Waals surface area contributed by atoms with Gasteiger partial charge in [-0.2, -0.15) is 0 Å². The highest BCUT2D eigenvalue weighted by Crippen LogP contribution is 2.28. The molecule has 1 aromatic rings. The van der Waals surface area contributed by atoms with Gasteiger partial charge in [0.15, 0.2) is 0 Å². The van der Waals surface area contributed by atoms with E-state index in [4.69, 9.17) is 22.1 Å². The number of amides is 1. The van der Waals surface area contributed by atoms with Crippen LogP contribution in [0.4, 0.5) is 5.69 Å². The molecule has 19 heavy (non-hydrogen) atoms. The zero-order chi connectivity index (χ0) is 14.0. The lowest BCUT2D eigenvalue weighted by atomic mass is 9.78. The van der Waals surface area contributed by atoms with Crippen LogP contribution >= 0.6 is 11.6 Å². The normalized spacial score (nSPS) is 15.4. The molecular weight excluding hydrogens is 270 g/mol. The van der Waals surface area contributed by atoms with Gasteiger partial charge in [0.25, 0.3) is 0 Å². The van der Waals surface area contributed by atoms with Gasteiger partial charge in [-0.15, -0.1) is 0 Å². The molecule has 1 fully saturated rings. The summed E-state index contributed by atoms with van der Waals surface area (Å²) in [5.41, 5.74) is 6.08. The summed E-state index contributed by atoms with van der Waals surface area (Å²) < 4.78 is 5.24. The Labute approximate surface area is 115 Å². The van der Waals surface area contributed by atoms with E-state index in [0.29, 0.717) is 32.0 Å². The number of halogens is 1. The van der Waals surface area contributed by atoms with Crippen molar-refractivity contribution in [1.29, 1.82) is 0 Å². The highest BCUT2D eigenvalue weighted by atomic mass is 35.5. The molecule has 0 bridgehead atoms. The zero-order valence-electron chi connectivity index (χ0n) is 10.2. The van der Waals surface area contributed by atoms with E-state index in [-0.39, 0.29) is 16.0 Å². The smallest absolute Gasteiger partial charge is 0.423 e. The first-order valence-corrected chi connectivity index (χ1v) is 6.21. The first-order valence-electron chi connectivity index (χ1n) is 5.83. The van der Waals surface area contributed by atoms with Crippen molar-refractivity contribution in [3.8, 4) is 0 Å². The summed E-state index contributed by atoms with van der Waals surface area (Å²) in [4.78, 5) is 13.2. The van der Waals surface area contributed by atoms with Gasteiger partial charge >= 0.3 is 7.12 Å². The second-order valence-electron chi connectivity index (χ2n) is 4.20. The monoisotopic (exact) mass is 284 g/mol. The quantitative estimate of drug-likeness (QED) is 0.616. The predicted octanol–water partition coefficient (Wildman–Crippen LogP) is -1.04. The van der Waals surface area contributed by atoms with E-state index >= 15 is 0 Å². The second kappa shape index (κ2) is 5.79. The second-order valence-corrected chi connectivity index (χ2v) is 4.58. The van der Waals surface area contributed by atoms with Crippen molar-refractivity contribution < 1.29 is 19.6 Å². The van der Waals surface area contributed by atoms with Crippen molar-refractivity contribution in [2.75, 3.05) is 31.2 Å². The van der Waals surface area contributed by atoms with Crippen LogP contribution < -0.4 is 16.1 Å². The number of nitrogens with two attached hydrogens (primary N) is 1. The molecule has 1 amide bonds. The topological polar surface area (TPSA) is 96.0 Å². The molecule has 0 atom stereocenters. The van der Waals surface area contributed by atoms with E-state index < -0.39 is 13.0 Å². The van der Waals surface area contributed by atoms with Crippen LogP contribution in [0.2, 0.25) is 5.02 Å². The summed E-state index contributed by atoms with van der Waals surface area (Å²) in [5.74, 6) is -0.654. The molecule has 102 valence electrons. The highest BCUT2D eigenvalue weighted by molar-refractivity contribution is 6.61. The molecule has 0 unspecified atom stereocenters. The average molecular weight is 285 g/mol. The Morgan fingerprint density at radius 3 is 2.53 bits per heavy atom. The SMILES string of the molecule is NC(=O)c1ccc(B(O)O)c(N2CCOCC2)c1Cl. The van der Waals surface area contributed by atoms with Crippen LogP contribution in [0.3, 0.4) is 0 Å². The molecule has 0 spiro atoms. The molecule has 1 saturated heterocycles. The molecule has 0 saturated carbocycles. The number of anilines is 1. The molecule has 1 heterocycles. The van der Waals surface area contributed by atoms with Crippen LogP contribution in [-0.4, -0.2) is 49.4 Å². The van der Waals surface area contributed by atoms with Crippen LogP contribution in [0.15, 0.2) is 12.1 Å². The Balaban J connectivity index is 2.52. The molecule has 1 aliphatic heterocycles. The molecule has 0 aromatic heterocycles. The van der Waals surface area contributed by atoms with Crippen LogP contribution in [0.1, 0.15) is 10.4 Å². The number of ether oxygens (including phenoxy) is 1. The van der Waals surface area contributed by atoms with Gasteiger partial charge in [0.1, 0.15) is 0 Å². The highest BCUT2D eigenvalue weighted by Gasteiger charge is 2.26.